The van der Waals surface area contributed by atoms with E-state index in [2.05, 4.69) is 20.1 Å². The molecule has 4 rings (SSSR count). The van der Waals surface area contributed by atoms with Gasteiger partial charge in [-0.3, -0.25) is 4.98 Å². The van der Waals surface area contributed by atoms with E-state index < -0.39 is 0 Å². The van der Waals surface area contributed by atoms with E-state index in [0.717, 1.165) is 33.4 Å². The standard InChI is InChI=1S/C21H15N5/c1-22-17-7-3-5-14(11-17)15-8-9-18-19(12-15)25-20(26-21(18)23-2)16-6-4-10-24-13-16/h3-13H,2H3,(H,23,25,26). The fourth-order valence-electron chi connectivity index (χ4n) is 2.88. The Kier molecular flexibility index (Phi) is 4.00. The smallest absolute Gasteiger partial charge is 0.187 e. The minimum absolute atomic E-state index is 0.622. The zero-order chi connectivity index (χ0) is 17.9. The lowest BCUT2D eigenvalue weighted by Crippen LogP contribution is -1.99. The average molecular weight is 337 g/mol. The third-order valence-corrected chi connectivity index (χ3v) is 4.16. The second-order valence-corrected chi connectivity index (χ2v) is 5.78. The summed E-state index contributed by atoms with van der Waals surface area (Å²) >= 11 is 0. The van der Waals surface area contributed by atoms with Crippen molar-refractivity contribution >= 4 is 22.4 Å². The molecule has 0 saturated heterocycles. The highest BCUT2D eigenvalue weighted by Gasteiger charge is 2.10. The molecule has 0 aliphatic rings. The van der Waals surface area contributed by atoms with Crippen LogP contribution in [0.25, 0.3) is 38.3 Å². The van der Waals surface area contributed by atoms with Crippen molar-refractivity contribution in [2.75, 3.05) is 12.4 Å². The number of nitrogens with zero attached hydrogens (tertiary/aromatic N) is 4. The van der Waals surface area contributed by atoms with Crippen LogP contribution >= 0.6 is 0 Å². The second-order valence-electron chi connectivity index (χ2n) is 5.78. The summed E-state index contributed by atoms with van der Waals surface area (Å²) in [5.41, 5.74) is 4.34. The highest BCUT2D eigenvalue weighted by Crippen LogP contribution is 2.30. The maximum absolute atomic E-state index is 7.20. The summed E-state index contributed by atoms with van der Waals surface area (Å²) in [5, 5.41) is 4.10. The minimum atomic E-state index is 0.622. The highest BCUT2D eigenvalue weighted by molar-refractivity contribution is 5.93. The fraction of sp³-hybridized carbons (Fsp3) is 0.0476. The van der Waals surface area contributed by atoms with Gasteiger partial charge in [0.2, 0.25) is 0 Å². The van der Waals surface area contributed by atoms with Gasteiger partial charge >= 0.3 is 0 Å². The van der Waals surface area contributed by atoms with E-state index in [0.29, 0.717) is 11.5 Å². The first-order chi connectivity index (χ1) is 12.8. The fourth-order valence-corrected chi connectivity index (χ4v) is 2.88. The summed E-state index contributed by atoms with van der Waals surface area (Å²) in [6, 6.07) is 17.5. The van der Waals surface area contributed by atoms with Gasteiger partial charge in [-0.15, -0.1) is 0 Å². The van der Waals surface area contributed by atoms with Crippen molar-refractivity contribution in [2.24, 2.45) is 0 Å². The largest absolute Gasteiger partial charge is 0.373 e. The molecule has 26 heavy (non-hydrogen) atoms. The maximum Gasteiger partial charge on any atom is 0.187 e. The van der Waals surface area contributed by atoms with E-state index in [1.54, 1.807) is 18.5 Å². The number of pyridine rings is 1. The number of nitrogens with one attached hydrogen (secondary N) is 1. The van der Waals surface area contributed by atoms with Crippen LogP contribution in [-0.2, 0) is 0 Å². The van der Waals surface area contributed by atoms with Gasteiger partial charge in [0.05, 0.1) is 12.1 Å². The van der Waals surface area contributed by atoms with Gasteiger partial charge in [0, 0.05) is 30.4 Å². The molecule has 0 fully saturated rings. The van der Waals surface area contributed by atoms with Gasteiger partial charge in [0.1, 0.15) is 5.82 Å². The summed E-state index contributed by atoms with van der Waals surface area (Å²) in [7, 11) is 1.85. The quantitative estimate of drug-likeness (QED) is 0.537. The number of aromatic nitrogens is 3. The molecule has 0 aliphatic heterocycles. The zero-order valence-corrected chi connectivity index (χ0v) is 14.1. The number of fused-ring (bicyclic) bond motifs is 1. The average Bonchev–Trinajstić information content (AvgIpc) is 2.73. The predicted molar refractivity (Wildman–Crippen MR) is 104 cm³/mol. The van der Waals surface area contributed by atoms with Crippen molar-refractivity contribution in [3.05, 3.63) is 78.4 Å². The van der Waals surface area contributed by atoms with E-state index in [9.17, 15) is 0 Å². The normalized spacial score (nSPS) is 10.5. The van der Waals surface area contributed by atoms with Crippen LogP contribution in [0.5, 0.6) is 0 Å². The molecular weight excluding hydrogens is 322 g/mol. The van der Waals surface area contributed by atoms with E-state index in [-0.39, 0.29) is 0 Å². The summed E-state index contributed by atoms with van der Waals surface area (Å²) in [6.07, 6.45) is 3.48. The third-order valence-electron chi connectivity index (χ3n) is 4.16. The number of hydrogen-bond donors (Lipinski definition) is 1. The molecule has 124 valence electrons. The summed E-state index contributed by atoms with van der Waals surface area (Å²) in [5.74, 6) is 1.40. The number of benzene rings is 2. The van der Waals surface area contributed by atoms with Crippen molar-refractivity contribution in [3.8, 4) is 22.5 Å². The first-order valence-electron chi connectivity index (χ1n) is 8.16. The molecule has 0 spiro atoms. The minimum Gasteiger partial charge on any atom is -0.373 e. The van der Waals surface area contributed by atoms with E-state index >= 15 is 0 Å². The van der Waals surface area contributed by atoms with E-state index in [4.69, 9.17) is 11.6 Å². The van der Waals surface area contributed by atoms with Gasteiger partial charge < -0.3 is 5.32 Å². The van der Waals surface area contributed by atoms with Crippen LogP contribution in [0.15, 0.2) is 67.0 Å². The molecule has 0 aliphatic carbocycles. The molecule has 2 heterocycles. The van der Waals surface area contributed by atoms with Crippen LogP contribution in [0.1, 0.15) is 0 Å². The molecule has 2 aromatic heterocycles. The Bertz CT molecular complexity index is 1130. The zero-order valence-electron chi connectivity index (χ0n) is 14.1. The van der Waals surface area contributed by atoms with Crippen LogP contribution in [0, 0.1) is 6.57 Å². The lowest BCUT2D eigenvalue weighted by molar-refractivity contribution is 1.20. The lowest BCUT2D eigenvalue weighted by atomic mass is 10.0. The topological polar surface area (TPSA) is 55.1 Å². The predicted octanol–water partition coefficient (Wildman–Crippen LogP) is 4.95. The van der Waals surface area contributed by atoms with Gasteiger partial charge in [0.15, 0.2) is 11.5 Å². The van der Waals surface area contributed by atoms with Crippen LogP contribution in [-0.4, -0.2) is 22.0 Å². The van der Waals surface area contributed by atoms with Gasteiger partial charge in [-0.2, -0.15) is 0 Å². The number of anilines is 1. The molecule has 0 unspecified atom stereocenters. The molecule has 0 atom stereocenters. The summed E-state index contributed by atoms with van der Waals surface area (Å²) < 4.78 is 0. The van der Waals surface area contributed by atoms with Crippen molar-refractivity contribution in [1.82, 2.24) is 15.0 Å². The molecule has 5 heteroatoms. The first-order valence-corrected chi connectivity index (χ1v) is 8.16. The Morgan fingerprint density at radius 2 is 1.77 bits per heavy atom. The molecule has 5 nitrogen and oxygen atoms in total. The van der Waals surface area contributed by atoms with Crippen LogP contribution in [0.3, 0.4) is 0 Å². The van der Waals surface area contributed by atoms with Gasteiger partial charge in [-0.05, 0) is 41.5 Å². The van der Waals surface area contributed by atoms with Gasteiger partial charge in [0.25, 0.3) is 0 Å². The van der Waals surface area contributed by atoms with Crippen LogP contribution in [0.2, 0.25) is 0 Å². The van der Waals surface area contributed by atoms with Crippen molar-refractivity contribution in [2.45, 2.75) is 0 Å². The third kappa shape index (κ3) is 2.85. The molecule has 0 bridgehead atoms. The number of hydrogen-bond acceptors (Lipinski definition) is 4. The van der Waals surface area contributed by atoms with Crippen LogP contribution in [0.4, 0.5) is 11.5 Å². The Morgan fingerprint density at radius 1 is 0.923 bits per heavy atom. The van der Waals surface area contributed by atoms with Crippen molar-refractivity contribution in [1.29, 1.82) is 0 Å². The summed E-state index contributed by atoms with van der Waals surface area (Å²) in [4.78, 5) is 17.0. The number of rotatable bonds is 3. The molecule has 0 saturated carbocycles. The van der Waals surface area contributed by atoms with Crippen LogP contribution < -0.4 is 5.32 Å². The second kappa shape index (κ2) is 6.61. The van der Waals surface area contributed by atoms with Crippen molar-refractivity contribution in [3.63, 3.8) is 0 Å². The Morgan fingerprint density at radius 3 is 2.54 bits per heavy atom. The van der Waals surface area contributed by atoms with Gasteiger partial charge in [-0.25, -0.2) is 14.8 Å². The Labute approximate surface area is 151 Å². The monoisotopic (exact) mass is 337 g/mol. The van der Waals surface area contributed by atoms with Gasteiger partial charge in [-0.1, -0.05) is 24.3 Å². The molecule has 4 aromatic rings. The lowest BCUT2D eigenvalue weighted by Gasteiger charge is -2.10. The molecule has 0 amide bonds. The molecule has 1 N–H and O–H groups in total. The molecular formula is C21H15N5. The Balaban J connectivity index is 1.90. The molecule has 0 radical (unpaired) electrons. The first kappa shape index (κ1) is 15.7. The Hall–Kier alpha value is -3.78. The summed E-state index contributed by atoms with van der Waals surface area (Å²) in [6.45, 7) is 7.20. The highest BCUT2D eigenvalue weighted by atomic mass is 15.0. The van der Waals surface area contributed by atoms with Crippen molar-refractivity contribution < 1.29 is 0 Å². The maximum atomic E-state index is 7.20. The van der Waals surface area contributed by atoms with E-state index in [1.807, 2.05) is 55.6 Å². The molecule has 2 aromatic carbocycles. The SMILES string of the molecule is [C-]#[N+]c1cccc(-c2ccc3c(NC)nc(-c4cccnc4)nc3c2)c1. The van der Waals surface area contributed by atoms with E-state index in [1.165, 1.54) is 0 Å².